The predicted octanol–water partition coefficient (Wildman–Crippen LogP) is 3.34. The van der Waals surface area contributed by atoms with E-state index >= 15 is 0 Å². The van der Waals surface area contributed by atoms with E-state index in [1.165, 1.54) is 10.9 Å². The molecule has 1 aliphatic rings. The van der Waals surface area contributed by atoms with Crippen LogP contribution in [0.2, 0.25) is 0 Å². The summed E-state index contributed by atoms with van der Waals surface area (Å²) in [7, 11) is 0. The maximum Gasteiger partial charge on any atom is 0.254 e. The number of hydrogen-bond acceptors (Lipinski definition) is 4. The van der Waals surface area contributed by atoms with Gasteiger partial charge in [-0.05, 0) is 43.0 Å². The summed E-state index contributed by atoms with van der Waals surface area (Å²) < 4.78 is 5.37. The van der Waals surface area contributed by atoms with Crippen LogP contribution in [0.15, 0.2) is 48.8 Å². The predicted molar refractivity (Wildman–Crippen MR) is 102 cm³/mol. The van der Waals surface area contributed by atoms with Crippen molar-refractivity contribution in [2.45, 2.75) is 25.4 Å². The van der Waals surface area contributed by atoms with Gasteiger partial charge in [0.2, 0.25) is 0 Å². The Balaban J connectivity index is 1.29. The number of para-hydroxylation sites is 1. The highest BCUT2D eigenvalue weighted by Crippen LogP contribution is 2.19. The van der Waals surface area contributed by atoms with Crippen LogP contribution in [0.3, 0.4) is 0 Å². The fourth-order valence-corrected chi connectivity index (χ4v) is 3.24. The molecule has 0 saturated carbocycles. The molecule has 4 rings (SSSR count). The van der Waals surface area contributed by atoms with Crippen molar-refractivity contribution in [1.82, 2.24) is 9.97 Å². The van der Waals surface area contributed by atoms with Crippen LogP contribution in [0.25, 0.3) is 10.9 Å². The molecule has 2 aromatic heterocycles. The number of amides is 1. The molecule has 3 aromatic rings. The van der Waals surface area contributed by atoms with E-state index < -0.39 is 0 Å². The molecule has 0 radical (unpaired) electrons. The van der Waals surface area contributed by atoms with Crippen LogP contribution in [-0.4, -0.2) is 35.1 Å². The summed E-state index contributed by atoms with van der Waals surface area (Å²) in [6.07, 6.45) is 6.09. The van der Waals surface area contributed by atoms with Gasteiger partial charge in [0.1, 0.15) is 11.9 Å². The van der Waals surface area contributed by atoms with Crippen molar-refractivity contribution in [2.24, 2.45) is 0 Å². The Bertz CT molecular complexity index is 882. The molecule has 1 fully saturated rings. The summed E-state index contributed by atoms with van der Waals surface area (Å²) >= 11 is 0. The van der Waals surface area contributed by atoms with Crippen molar-refractivity contribution in [2.75, 3.05) is 23.8 Å². The number of fused-ring (bicyclic) bond motifs is 1. The molecule has 0 bridgehead atoms. The smallest absolute Gasteiger partial charge is 0.254 e. The Hall–Kier alpha value is -2.86. The SMILES string of the molecule is O=C(Nc1ccc(NCCc2c[nH]c3ccccc23)cn1)C1CCCO1. The lowest BCUT2D eigenvalue weighted by molar-refractivity contribution is -0.124. The second kappa shape index (κ2) is 7.58. The molecular weight excluding hydrogens is 328 g/mol. The van der Waals surface area contributed by atoms with Crippen LogP contribution in [-0.2, 0) is 16.0 Å². The Morgan fingerprint density at radius 1 is 1.27 bits per heavy atom. The Morgan fingerprint density at radius 3 is 3.00 bits per heavy atom. The number of pyridine rings is 1. The molecule has 26 heavy (non-hydrogen) atoms. The van der Waals surface area contributed by atoms with Gasteiger partial charge in [0.05, 0.1) is 11.9 Å². The summed E-state index contributed by atoms with van der Waals surface area (Å²) in [5.41, 5.74) is 3.39. The summed E-state index contributed by atoms with van der Waals surface area (Å²) in [6.45, 7) is 1.47. The molecule has 1 saturated heterocycles. The molecule has 6 heteroatoms. The minimum Gasteiger partial charge on any atom is -0.383 e. The van der Waals surface area contributed by atoms with Gasteiger partial charge in [-0.2, -0.15) is 0 Å². The summed E-state index contributed by atoms with van der Waals surface area (Å²) in [5.74, 6) is 0.433. The Labute approximate surface area is 152 Å². The monoisotopic (exact) mass is 350 g/mol. The zero-order valence-electron chi connectivity index (χ0n) is 14.5. The molecule has 3 heterocycles. The van der Waals surface area contributed by atoms with E-state index in [1.807, 2.05) is 12.1 Å². The quantitative estimate of drug-likeness (QED) is 0.637. The number of ether oxygens (including phenoxy) is 1. The molecule has 6 nitrogen and oxygen atoms in total. The number of hydrogen-bond donors (Lipinski definition) is 3. The van der Waals surface area contributed by atoms with Crippen LogP contribution in [0.5, 0.6) is 0 Å². The lowest BCUT2D eigenvalue weighted by Crippen LogP contribution is -2.27. The van der Waals surface area contributed by atoms with Crippen LogP contribution in [0.1, 0.15) is 18.4 Å². The first-order valence-electron chi connectivity index (χ1n) is 8.97. The van der Waals surface area contributed by atoms with Gasteiger partial charge in [0.15, 0.2) is 0 Å². The van der Waals surface area contributed by atoms with E-state index in [4.69, 9.17) is 4.74 Å². The number of nitrogens with zero attached hydrogens (tertiary/aromatic N) is 1. The maximum atomic E-state index is 12.0. The molecule has 0 spiro atoms. The van der Waals surface area contributed by atoms with E-state index in [-0.39, 0.29) is 12.0 Å². The van der Waals surface area contributed by atoms with Gasteiger partial charge >= 0.3 is 0 Å². The third kappa shape index (κ3) is 3.70. The number of rotatable bonds is 6. The van der Waals surface area contributed by atoms with Gasteiger partial charge in [-0.15, -0.1) is 0 Å². The molecule has 0 aliphatic carbocycles. The normalized spacial score (nSPS) is 16.7. The first kappa shape index (κ1) is 16.6. The van der Waals surface area contributed by atoms with Gasteiger partial charge in [-0.3, -0.25) is 4.79 Å². The highest BCUT2D eigenvalue weighted by atomic mass is 16.5. The minimum absolute atomic E-state index is 0.116. The van der Waals surface area contributed by atoms with Crippen LogP contribution >= 0.6 is 0 Å². The number of benzene rings is 1. The summed E-state index contributed by atoms with van der Waals surface area (Å²) in [5, 5.41) is 7.44. The number of anilines is 2. The average molecular weight is 350 g/mol. The van der Waals surface area contributed by atoms with E-state index in [1.54, 1.807) is 12.3 Å². The van der Waals surface area contributed by atoms with Gasteiger partial charge in [-0.25, -0.2) is 4.98 Å². The van der Waals surface area contributed by atoms with Crippen molar-refractivity contribution in [3.63, 3.8) is 0 Å². The third-order valence-corrected chi connectivity index (χ3v) is 4.64. The molecule has 1 aromatic carbocycles. The zero-order valence-corrected chi connectivity index (χ0v) is 14.5. The Kier molecular flexibility index (Phi) is 4.84. The molecule has 1 unspecified atom stereocenters. The van der Waals surface area contributed by atoms with E-state index in [0.29, 0.717) is 12.4 Å². The number of carbonyl (C=O) groups excluding carboxylic acids is 1. The zero-order chi connectivity index (χ0) is 17.8. The highest BCUT2D eigenvalue weighted by Gasteiger charge is 2.23. The van der Waals surface area contributed by atoms with Gasteiger partial charge < -0.3 is 20.4 Å². The second-order valence-corrected chi connectivity index (χ2v) is 6.46. The molecule has 1 aliphatic heterocycles. The van der Waals surface area contributed by atoms with Crippen molar-refractivity contribution < 1.29 is 9.53 Å². The summed E-state index contributed by atoms with van der Waals surface area (Å²) in [6, 6.07) is 12.0. The minimum atomic E-state index is -0.342. The number of H-pyrrole nitrogens is 1. The number of carbonyl (C=O) groups is 1. The van der Waals surface area contributed by atoms with Crippen LogP contribution < -0.4 is 10.6 Å². The lowest BCUT2D eigenvalue weighted by atomic mass is 10.1. The van der Waals surface area contributed by atoms with Crippen LogP contribution in [0.4, 0.5) is 11.5 Å². The van der Waals surface area contributed by atoms with Crippen molar-refractivity contribution >= 4 is 28.3 Å². The number of aromatic nitrogens is 2. The lowest BCUT2D eigenvalue weighted by Gasteiger charge is -2.10. The summed E-state index contributed by atoms with van der Waals surface area (Å²) in [4.78, 5) is 19.6. The molecule has 134 valence electrons. The van der Waals surface area contributed by atoms with Gasteiger partial charge in [-0.1, -0.05) is 18.2 Å². The topological polar surface area (TPSA) is 79.0 Å². The molecule has 1 amide bonds. The molecule has 3 N–H and O–H groups in total. The average Bonchev–Trinajstić information content (AvgIpc) is 3.34. The van der Waals surface area contributed by atoms with Gasteiger partial charge in [0.25, 0.3) is 5.91 Å². The van der Waals surface area contributed by atoms with E-state index in [9.17, 15) is 4.79 Å². The number of nitrogens with one attached hydrogen (secondary N) is 3. The van der Waals surface area contributed by atoms with Crippen molar-refractivity contribution in [1.29, 1.82) is 0 Å². The van der Waals surface area contributed by atoms with Gasteiger partial charge in [0, 0.05) is 30.3 Å². The van der Waals surface area contributed by atoms with E-state index in [2.05, 4.69) is 45.0 Å². The van der Waals surface area contributed by atoms with Crippen molar-refractivity contribution in [3.8, 4) is 0 Å². The fraction of sp³-hybridized carbons (Fsp3) is 0.300. The first-order valence-corrected chi connectivity index (χ1v) is 8.97. The second-order valence-electron chi connectivity index (χ2n) is 6.46. The maximum absolute atomic E-state index is 12.0. The van der Waals surface area contributed by atoms with Crippen LogP contribution in [0, 0.1) is 0 Å². The highest BCUT2D eigenvalue weighted by molar-refractivity contribution is 5.93. The fourth-order valence-electron chi connectivity index (χ4n) is 3.24. The van der Waals surface area contributed by atoms with Crippen molar-refractivity contribution in [3.05, 3.63) is 54.4 Å². The first-order chi connectivity index (χ1) is 12.8. The molecular formula is C20H22N4O2. The molecule has 1 atom stereocenters. The Morgan fingerprint density at radius 2 is 2.19 bits per heavy atom. The third-order valence-electron chi connectivity index (χ3n) is 4.64. The largest absolute Gasteiger partial charge is 0.383 e. The number of aromatic amines is 1. The standard InChI is InChI=1S/C20H22N4O2/c25-20(18-6-3-11-26-18)24-19-8-7-15(13-23-19)21-10-9-14-12-22-17-5-2-1-4-16(14)17/h1-2,4-5,7-8,12-13,18,21-22H,3,6,9-11H2,(H,23,24,25). The van der Waals surface area contributed by atoms with E-state index in [0.717, 1.165) is 37.0 Å².